The van der Waals surface area contributed by atoms with Crippen molar-refractivity contribution < 1.29 is 29.4 Å². The normalized spacial score (nSPS) is 15.1. The average molecular weight is 555 g/mol. The number of amides is 1. The zero-order chi connectivity index (χ0) is 28.9. The van der Waals surface area contributed by atoms with Gasteiger partial charge in [0, 0.05) is 19.2 Å². The number of fused-ring (bicyclic) bond motifs is 1. The largest absolute Gasteiger partial charge is 0.508 e. The van der Waals surface area contributed by atoms with Crippen LogP contribution in [0.15, 0.2) is 103 Å². The molecule has 1 aliphatic rings. The van der Waals surface area contributed by atoms with Crippen LogP contribution in [0, 0.1) is 0 Å². The summed E-state index contributed by atoms with van der Waals surface area (Å²) >= 11 is 0. The summed E-state index contributed by atoms with van der Waals surface area (Å²) in [6, 6.07) is 21.9. The molecule has 0 radical (unpaired) electrons. The Labute approximate surface area is 239 Å². The number of nitrogens with one attached hydrogen (secondary N) is 1. The van der Waals surface area contributed by atoms with E-state index < -0.39 is 11.7 Å². The molecule has 1 heterocycles. The number of aromatic hydroxyl groups is 2. The highest BCUT2D eigenvalue weighted by molar-refractivity contribution is 5.97. The number of ether oxygens (including phenoxy) is 1. The third-order valence-corrected chi connectivity index (χ3v) is 6.30. The maximum atomic E-state index is 13.3. The highest BCUT2D eigenvalue weighted by atomic mass is 16.6. The molecule has 0 atom stereocenters. The Kier molecular flexibility index (Phi) is 10.7. The Morgan fingerprint density at radius 1 is 0.878 bits per heavy atom. The first-order chi connectivity index (χ1) is 20.0. The first kappa shape index (κ1) is 29.2. The minimum absolute atomic E-state index is 0.0792. The van der Waals surface area contributed by atoms with Crippen molar-refractivity contribution in [1.29, 1.82) is 0 Å². The van der Waals surface area contributed by atoms with Crippen LogP contribution >= 0.6 is 0 Å². The number of phenolic OH excluding ortho intramolecular Hbond substituents is 2. The van der Waals surface area contributed by atoms with Gasteiger partial charge in [0.25, 0.3) is 5.91 Å². The fourth-order valence-electron chi connectivity index (χ4n) is 4.29. The molecule has 8 nitrogen and oxygen atoms in total. The van der Waals surface area contributed by atoms with E-state index in [9.17, 15) is 19.8 Å². The third kappa shape index (κ3) is 9.12. The summed E-state index contributed by atoms with van der Waals surface area (Å²) in [5.74, 6) is -1.55. The molecule has 0 bridgehead atoms. The van der Waals surface area contributed by atoms with Crippen molar-refractivity contribution >= 4 is 18.0 Å². The highest BCUT2D eigenvalue weighted by Crippen LogP contribution is 2.30. The lowest BCUT2D eigenvalue weighted by atomic mass is 10.0. The van der Waals surface area contributed by atoms with Crippen LogP contribution in [0.4, 0.5) is 0 Å². The second kappa shape index (κ2) is 15.1. The van der Waals surface area contributed by atoms with Crippen LogP contribution in [0.1, 0.15) is 46.3 Å². The van der Waals surface area contributed by atoms with Crippen LogP contribution in [0.25, 0.3) is 6.08 Å². The van der Waals surface area contributed by atoms with Gasteiger partial charge in [-0.3, -0.25) is 15.1 Å². The smallest absolute Gasteiger partial charge is 0.342 e. The summed E-state index contributed by atoms with van der Waals surface area (Å²) in [5, 5.41) is 20.5. The number of carbonyl (C=O) groups is 2. The molecule has 0 spiro atoms. The predicted octanol–water partition coefficient (Wildman–Crippen LogP) is 5.64. The quantitative estimate of drug-likeness (QED) is 0.188. The number of phenols is 2. The molecule has 0 saturated carbocycles. The lowest BCUT2D eigenvalue weighted by Crippen LogP contribution is -2.34. The number of esters is 1. The Hall–Kier alpha value is -4.82. The van der Waals surface area contributed by atoms with E-state index in [-0.39, 0.29) is 36.0 Å². The number of rotatable bonds is 8. The minimum Gasteiger partial charge on any atom is -0.508 e. The van der Waals surface area contributed by atoms with Crippen molar-refractivity contribution in [2.75, 3.05) is 13.2 Å². The molecule has 41 heavy (non-hydrogen) atoms. The van der Waals surface area contributed by atoms with E-state index in [4.69, 9.17) is 9.57 Å². The molecule has 8 heteroatoms. The van der Waals surface area contributed by atoms with Crippen LogP contribution in [-0.2, 0) is 27.5 Å². The molecule has 0 fully saturated rings. The fraction of sp³-hybridized carbons (Fsp3) is 0.212. The van der Waals surface area contributed by atoms with Gasteiger partial charge in [-0.1, -0.05) is 78.9 Å². The molecule has 3 aromatic rings. The standard InChI is InChI=1S/C33H34N2O6/c36-29-20-27-19-28(17-11-3-1-2-4-12-18-40-33(39)32(27)30(37)21-29)34-41-24-31(38)35(22-25-13-7-5-8-14-25)23-26-15-9-6-10-16-26/h2,4-11,13-17,19-21,34,36-37H,1,3,12,18,22-24H2/b4-2?,17-11?,28-19-. The summed E-state index contributed by atoms with van der Waals surface area (Å²) in [6.07, 6.45) is 11.3. The Bertz CT molecular complexity index is 1360. The van der Waals surface area contributed by atoms with Crippen molar-refractivity contribution in [2.45, 2.75) is 32.4 Å². The summed E-state index contributed by atoms with van der Waals surface area (Å²) in [6.45, 7) is 0.741. The Morgan fingerprint density at radius 3 is 2.20 bits per heavy atom. The van der Waals surface area contributed by atoms with Crippen molar-refractivity contribution in [2.24, 2.45) is 0 Å². The second-order valence-corrected chi connectivity index (χ2v) is 9.52. The van der Waals surface area contributed by atoms with Gasteiger partial charge in [0.2, 0.25) is 0 Å². The Morgan fingerprint density at radius 2 is 1.51 bits per heavy atom. The number of hydrogen-bond acceptors (Lipinski definition) is 7. The number of carbonyl (C=O) groups excluding carboxylic acids is 2. The maximum Gasteiger partial charge on any atom is 0.342 e. The topological polar surface area (TPSA) is 108 Å². The zero-order valence-electron chi connectivity index (χ0n) is 22.7. The number of hydrogen-bond donors (Lipinski definition) is 3. The number of benzene rings is 3. The van der Waals surface area contributed by atoms with E-state index >= 15 is 0 Å². The minimum atomic E-state index is -0.712. The first-order valence-electron chi connectivity index (χ1n) is 13.5. The molecule has 4 rings (SSSR count). The van der Waals surface area contributed by atoms with Gasteiger partial charge in [-0.2, -0.15) is 0 Å². The van der Waals surface area contributed by atoms with Crippen molar-refractivity contribution in [3.05, 3.63) is 125 Å². The third-order valence-electron chi connectivity index (χ3n) is 6.30. The molecule has 1 amide bonds. The molecule has 0 aromatic heterocycles. The van der Waals surface area contributed by atoms with Gasteiger partial charge in [-0.15, -0.1) is 0 Å². The number of allylic oxidation sites excluding steroid dienone is 3. The SMILES string of the molecule is O=C1OCCC=CCCC=C/C(NOCC(=O)N(Cc2ccccc2)Cc2ccccc2)=C/c2cc(O)cc(O)c21. The van der Waals surface area contributed by atoms with E-state index in [1.165, 1.54) is 6.07 Å². The van der Waals surface area contributed by atoms with E-state index in [0.717, 1.165) is 30.0 Å². The van der Waals surface area contributed by atoms with Crippen LogP contribution in [0.5, 0.6) is 11.5 Å². The van der Waals surface area contributed by atoms with E-state index in [2.05, 4.69) is 5.48 Å². The average Bonchev–Trinajstić information content (AvgIpc) is 2.96. The van der Waals surface area contributed by atoms with E-state index in [1.54, 1.807) is 17.1 Å². The van der Waals surface area contributed by atoms with Gasteiger partial charge in [-0.05, 0) is 54.2 Å². The first-order valence-corrected chi connectivity index (χ1v) is 13.5. The molecular formula is C33H34N2O6. The van der Waals surface area contributed by atoms with Gasteiger partial charge >= 0.3 is 5.97 Å². The second-order valence-electron chi connectivity index (χ2n) is 9.52. The number of cyclic esters (lactones) is 1. The molecule has 3 aromatic carbocycles. The monoisotopic (exact) mass is 554 g/mol. The zero-order valence-corrected chi connectivity index (χ0v) is 22.7. The summed E-state index contributed by atoms with van der Waals surface area (Å²) in [5.41, 5.74) is 5.37. The van der Waals surface area contributed by atoms with Crippen molar-refractivity contribution in [3.8, 4) is 11.5 Å². The predicted molar refractivity (Wildman–Crippen MR) is 156 cm³/mol. The summed E-state index contributed by atoms with van der Waals surface area (Å²) in [7, 11) is 0. The molecular weight excluding hydrogens is 520 g/mol. The van der Waals surface area contributed by atoms with Crippen molar-refractivity contribution in [1.82, 2.24) is 10.4 Å². The van der Waals surface area contributed by atoms with Crippen LogP contribution in [0.2, 0.25) is 0 Å². The highest BCUT2D eigenvalue weighted by Gasteiger charge is 2.19. The van der Waals surface area contributed by atoms with E-state index in [0.29, 0.717) is 25.2 Å². The van der Waals surface area contributed by atoms with Gasteiger partial charge in [-0.25, -0.2) is 4.79 Å². The summed E-state index contributed by atoms with van der Waals surface area (Å²) in [4.78, 5) is 33.4. The lowest BCUT2D eigenvalue weighted by molar-refractivity contribution is -0.139. The number of nitrogens with zero attached hydrogens (tertiary/aromatic N) is 1. The number of hydroxylamine groups is 1. The summed E-state index contributed by atoms with van der Waals surface area (Å²) < 4.78 is 5.32. The van der Waals surface area contributed by atoms with Gasteiger partial charge in [0.1, 0.15) is 17.1 Å². The van der Waals surface area contributed by atoms with Gasteiger partial charge < -0.3 is 19.8 Å². The molecule has 0 unspecified atom stereocenters. The molecule has 1 aliphatic heterocycles. The molecule has 0 saturated heterocycles. The van der Waals surface area contributed by atoms with Crippen molar-refractivity contribution in [3.63, 3.8) is 0 Å². The van der Waals surface area contributed by atoms with Crippen LogP contribution < -0.4 is 5.48 Å². The Balaban J connectivity index is 1.52. The van der Waals surface area contributed by atoms with Crippen LogP contribution in [0.3, 0.4) is 0 Å². The maximum absolute atomic E-state index is 13.3. The van der Waals surface area contributed by atoms with Crippen LogP contribution in [-0.4, -0.2) is 40.2 Å². The van der Waals surface area contributed by atoms with Gasteiger partial charge in [0.15, 0.2) is 6.61 Å². The van der Waals surface area contributed by atoms with Gasteiger partial charge in [0.05, 0.1) is 12.3 Å². The fourth-order valence-corrected chi connectivity index (χ4v) is 4.29. The molecule has 212 valence electrons. The lowest BCUT2D eigenvalue weighted by Gasteiger charge is -2.23. The molecule has 0 aliphatic carbocycles. The molecule has 3 N–H and O–H groups in total. The van der Waals surface area contributed by atoms with E-state index in [1.807, 2.05) is 78.9 Å².